The van der Waals surface area contributed by atoms with Crippen molar-refractivity contribution >= 4 is 7.12 Å². The third-order valence-corrected chi connectivity index (χ3v) is 6.28. The molecule has 0 radical (unpaired) electrons. The lowest BCUT2D eigenvalue weighted by atomic mass is 9.79. The summed E-state index contributed by atoms with van der Waals surface area (Å²) in [5, 5.41) is 0. The summed E-state index contributed by atoms with van der Waals surface area (Å²) in [6, 6.07) is 31.1. The molecule has 1 saturated heterocycles. The molecule has 3 aromatic carbocycles. The van der Waals surface area contributed by atoms with Crippen LogP contribution in [0.25, 0.3) is 0 Å². The van der Waals surface area contributed by atoms with Crippen LogP contribution in [-0.4, -0.2) is 24.8 Å². The molecule has 1 aliphatic rings. The van der Waals surface area contributed by atoms with Gasteiger partial charge in [0.15, 0.2) is 0 Å². The van der Waals surface area contributed by atoms with Crippen LogP contribution in [0.4, 0.5) is 0 Å². The summed E-state index contributed by atoms with van der Waals surface area (Å²) in [4.78, 5) is 0. The Morgan fingerprint density at radius 2 is 0.967 bits per heavy atom. The molecule has 0 atom stereocenters. The fourth-order valence-electron chi connectivity index (χ4n) is 3.99. The smallest absolute Gasteiger partial charge is 0.402 e. The maximum absolute atomic E-state index is 6.81. The summed E-state index contributed by atoms with van der Waals surface area (Å²) in [5.41, 5.74) is 1.65. The minimum atomic E-state index is -0.770. The van der Waals surface area contributed by atoms with E-state index in [4.69, 9.17) is 14.0 Å². The average Bonchev–Trinajstić information content (AvgIpc) is 2.97. The third kappa shape index (κ3) is 3.71. The van der Waals surface area contributed by atoms with Gasteiger partial charge in [-0.2, -0.15) is 0 Å². The molecular formula is C26H29BO3. The maximum atomic E-state index is 6.81. The molecule has 1 heterocycles. The maximum Gasteiger partial charge on any atom is 0.485 e. The normalized spacial score (nSPS) is 17.8. The summed E-state index contributed by atoms with van der Waals surface area (Å²) in [5.74, 6) is 0. The lowest BCUT2D eigenvalue weighted by Crippen LogP contribution is -2.41. The second-order valence-corrected chi connectivity index (χ2v) is 8.78. The molecular weight excluding hydrogens is 371 g/mol. The molecule has 0 aliphatic carbocycles. The summed E-state index contributed by atoms with van der Waals surface area (Å²) >= 11 is 0. The number of hydrogen-bond donors (Lipinski definition) is 0. The second kappa shape index (κ2) is 8.03. The first-order valence-corrected chi connectivity index (χ1v) is 10.5. The lowest BCUT2D eigenvalue weighted by Gasteiger charge is -2.36. The van der Waals surface area contributed by atoms with Crippen LogP contribution in [0.15, 0.2) is 91.0 Å². The fraction of sp³-hybridized carbons (Fsp3) is 0.308. The largest absolute Gasteiger partial charge is 0.485 e. The van der Waals surface area contributed by atoms with Crippen LogP contribution in [0.1, 0.15) is 44.4 Å². The van der Waals surface area contributed by atoms with Gasteiger partial charge in [0.05, 0.1) is 17.7 Å². The number of benzene rings is 3. The van der Waals surface area contributed by atoms with E-state index < -0.39 is 23.9 Å². The second-order valence-electron chi connectivity index (χ2n) is 8.78. The highest BCUT2D eigenvalue weighted by atomic mass is 16.7. The van der Waals surface area contributed by atoms with Crippen molar-refractivity contribution in [1.82, 2.24) is 0 Å². The zero-order chi connectivity index (χ0) is 21.2. The van der Waals surface area contributed by atoms with Gasteiger partial charge < -0.3 is 14.0 Å². The highest BCUT2D eigenvalue weighted by Crippen LogP contribution is 2.42. The highest BCUT2D eigenvalue weighted by molar-refractivity contribution is 6.45. The van der Waals surface area contributed by atoms with E-state index in [9.17, 15) is 0 Å². The van der Waals surface area contributed by atoms with Gasteiger partial charge in [0.1, 0.15) is 5.60 Å². The molecule has 0 amide bonds. The molecule has 1 aliphatic heterocycles. The van der Waals surface area contributed by atoms with E-state index in [0.29, 0.717) is 6.51 Å². The van der Waals surface area contributed by atoms with Crippen molar-refractivity contribution in [3.63, 3.8) is 0 Å². The van der Waals surface area contributed by atoms with Gasteiger partial charge >= 0.3 is 7.12 Å². The Bertz CT molecular complexity index is 843. The molecule has 4 rings (SSSR count). The SMILES string of the molecule is CC1(C)OB(COC(c2ccccc2)(c2ccccc2)c2ccccc2)OC1(C)C. The first-order valence-electron chi connectivity index (χ1n) is 10.5. The van der Waals surface area contributed by atoms with Gasteiger partial charge in [-0.05, 0) is 44.4 Å². The van der Waals surface area contributed by atoms with Gasteiger partial charge in [-0.25, -0.2) is 0 Å². The van der Waals surface area contributed by atoms with E-state index in [-0.39, 0.29) is 0 Å². The summed E-state index contributed by atoms with van der Waals surface area (Å²) in [6.45, 7) is 8.56. The molecule has 0 unspecified atom stereocenters. The molecule has 0 N–H and O–H groups in total. The molecule has 0 saturated carbocycles. The Labute approximate surface area is 180 Å². The summed E-state index contributed by atoms with van der Waals surface area (Å²) < 4.78 is 19.2. The van der Waals surface area contributed by atoms with Crippen LogP contribution in [-0.2, 0) is 19.6 Å². The van der Waals surface area contributed by atoms with Crippen molar-refractivity contribution in [2.45, 2.75) is 44.5 Å². The Hall–Kier alpha value is -2.40. The minimum Gasteiger partial charge on any atom is -0.402 e. The van der Waals surface area contributed by atoms with Crippen molar-refractivity contribution in [3.8, 4) is 0 Å². The number of ether oxygens (including phenoxy) is 1. The minimum absolute atomic E-state index is 0.311. The van der Waals surface area contributed by atoms with Crippen LogP contribution >= 0.6 is 0 Å². The van der Waals surface area contributed by atoms with E-state index in [1.165, 1.54) is 0 Å². The predicted molar refractivity (Wildman–Crippen MR) is 121 cm³/mol. The Kier molecular flexibility index (Phi) is 5.58. The molecule has 0 spiro atoms. The lowest BCUT2D eigenvalue weighted by molar-refractivity contribution is 0.00578. The van der Waals surface area contributed by atoms with Gasteiger partial charge in [-0.1, -0.05) is 91.0 Å². The van der Waals surface area contributed by atoms with Crippen LogP contribution in [0, 0.1) is 0 Å². The van der Waals surface area contributed by atoms with Crippen LogP contribution in [0.3, 0.4) is 0 Å². The first kappa shape index (κ1) is 20.9. The molecule has 4 heteroatoms. The molecule has 3 aromatic rings. The van der Waals surface area contributed by atoms with Gasteiger partial charge in [0.2, 0.25) is 0 Å². The van der Waals surface area contributed by atoms with Crippen molar-refractivity contribution < 1.29 is 14.0 Å². The Morgan fingerprint density at radius 3 is 1.30 bits per heavy atom. The molecule has 0 bridgehead atoms. The van der Waals surface area contributed by atoms with Crippen molar-refractivity contribution in [1.29, 1.82) is 0 Å². The standard InChI is InChI=1S/C26H29BO3/c1-24(2)25(3,4)30-27(29-24)20-28-26(21-14-8-5-9-15-21,22-16-10-6-11-17-22)23-18-12-7-13-19-23/h5-19H,20H2,1-4H3. The van der Waals surface area contributed by atoms with E-state index >= 15 is 0 Å². The first-order chi connectivity index (χ1) is 14.4. The summed E-state index contributed by atoms with van der Waals surface area (Å²) in [6.07, 6.45) is 0. The Balaban J connectivity index is 1.78. The van der Waals surface area contributed by atoms with Crippen molar-refractivity contribution in [2.75, 3.05) is 6.51 Å². The average molecular weight is 400 g/mol. The highest BCUT2D eigenvalue weighted by Gasteiger charge is 2.52. The molecule has 30 heavy (non-hydrogen) atoms. The van der Waals surface area contributed by atoms with E-state index in [0.717, 1.165) is 16.7 Å². The zero-order valence-corrected chi connectivity index (χ0v) is 18.2. The molecule has 154 valence electrons. The monoisotopic (exact) mass is 400 g/mol. The van der Waals surface area contributed by atoms with Gasteiger partial charge in [0.25, 0.3) is 0 Å². The van der Waals surface area contributed by atoms with Crippen molar-refractivity contribution in [2.24, 2.45) is 0 Å². The van der Waals surface area contributed by atoms with E-state index in [2.05, 4.69) is 64.1 Å². The van der Waals surface area contributed by atoms with Crippen LogP contribution < -0.4 is 0 Å². The van der Waals surface area contributed by atoms with Gasteiger partial charge in [-0.3, -0.25) is 0 Å². The van der Waals surface area contributed by atoms with Gasteiger partial charge in [0, 0.05) is 0 Å². The summed E-state index contributed by atoms with van der Waals surface area (Å²) in [7, 11) is -0.439. The van der Waals surface area contributed by atoms with Crippen LogP contribution in [0.5, 0.6) is 0 Å². The fourth-order valence-corrected chi connectivity index (χ4v) is 3.99. The van der Waals surface area contributed by atoms with Crippen molar-refractivity contribution in [3.05, 3.63) is 108 Å². The topological polar surface area (TPSA) is 27.7 Å². The predicted octanol–water partition coefficient (Wildman–Crippen LogP) is 5.63. The number of rotatable bonds is 6. The Morgan fingerprint density at radius 1 is 0.633 bits per heavy atom. The third-order valence-electron chi connectivity index (χ3n) is 6.28. The van der Waals surface area contributed by atoms with E-state index in [1.54, 1.807) is 0 Å². The quantitative estimate of drug-likeness (QED) is 0.397. The molecule has 0 aromatic heterocycles. The van der Waals surface area contributed by atoms with Crippen LogP contribution in [0.2, 0.25) is 0 Å². The molecule has 3 nitrogen and oxygen atoms in total. The zero-order valence-electron chi connectivity index (χ0n) is 18.2. The van der Waals surface area contributed by atoms with E-state index in [1.807, 2.05) is 54.6 Å². The molecule has 1 fully saturated rings. The van der Waals surface area contributed by atoms with Gasteiger partial charge in [-0.15, -0.1) is 0 Å². The number of hydrogen-bond acceptors (Lipinski definition) is 3.